The molecule has 5 heteroatoms. The molecule has 1 aromatic carbocycles. The van der Waals surface area contributed by atoms with Gasteiger partial charge in [-0.3, -0.25) is 0 Å². The van der Waals surface area contributed by atoms with Gasteiger partial charge in [0.2, 0.25) is 0 Å². The summed E-state index contributed by atoms with van der Waals surface area (Å²) in [6, 6.07) is 9.36. The number of hydrogen-bond donors (Lipinski definition) is 3. The molecule has 0 bridgehead atoms. The number of alkyl carbamates (subject to hydrolysis) is 1. The van der Waals surface area contributed by atoms with Crippen molar-refractivity contribution in [2.75, 3.05) is 13.1 Å². The Morgan fingerprint density at radius 3 is 2.41 bits per heavy atom. The number of rotatable bonds is 10. The van der Waals surface area contributed by atoms with Crippen LogP contribution in [-0.2, 0) is 11.2 Å². The summed E-state index contributed by atoms with van der Waals surface area (Å²) in [6.45, 7) is 14.7. The molecular formula is C22H36N2O3. The SMILES string of the molecule is C=CCC(C)(C)CNC[C@@H](O)[C@H](Cc1ccccc1)NC(=O)OC(C)(C)C. The lowest BCUT2D eigenvalue weighted by Gasteiger charge is -2.29. The Labute approximate surface area is 164 Å². The molecule has 1 rings (SSSR count). The maximum atomic E-state index is 12.2. The molecule has 1 amide bonds. The first-order valence-corrected chi connectivity index (χ1v) is 9.55. The van der Waals surface area contributed by atoms with Crippen molar-refractivity contribution in [3.8, 4) is 0 Å². The maximum Gasteiger partial charge on any atom is 0.407 e. The zero-order valence-electron chi connectivity index (χ0n) is 17.4. The summed E-state index contributed by atoms with van der Waals surface area (Å²) in [6.07, 6.45) is 2.06. The first kappa shape index (κ1) is 23.2. The van der Waals surface area contributed by atoms with E-state index in [-0.39, 0.29) is 5.41 Å². The highest BCUT2D eigenvalue weighted by Gasteiger charge is 2.25. The van der Waals surface area contributed by atoms with Crippen LogP contribution in [0.15, 0.2) is 43.0 Å². The quantitative estimate of drug-likeness (QED) is 0.545. The summed E-state index contributed by atoms with van der Waals surface area (Å²) < 4.78 is 5.35. The second-order valence-electron chi connectivity index (χ2n) is 8.80. The third kappa shape index (κ3) is 10.2. The second kappa shape index (κ2) is 10.5. The molecule has 0 saturated heterocycles. The monoisotopic (exact) mass is 376 g/mol. The zero-order valence-corrected chi connectivity index (χ0v) is 17.4. The number of aliphatic hydroxyl groups excluding tert-OH is 1. The van der Waals surface area contributed by atoms with Crippen molar-refractivity contribution < 1.29 is 14.6 Å². The average molecular weight is 377 g/mol. The van der Waals surface area contributed by atoms with E-state index in [0.29, 0.717) is 13.0 Å². The van der Waals surface area contributed by atoms with Crippen LogP contribution in [0.2, 0.25) is 0 Å². The molecule has 0 aliphatic heterocycles. The van der Waals surface area contributed by atoms with Crippen molar-refractivity contribution in [2.45, 2.75) is 65.2 Å². The molecule has 2 atom stereocenters. The summed E-state index contributed by atoms with van der Waals surface area (Å²) in [4.78, 5) is 12.2. The third-order valence-electron chi connectivity index (χ3n) is 4.12. The number of hydrogen-bond acceptors (Lipinski definition) is 4. The molecule has 0 fully saturated rings. The number of amides is 1. The normalized spacial score (nSPS) is 14.3. The lowest BCUT2D eigenvalue weighted by atomic mass is 9.89. The van der Waals surface area contributed by atoms with Gasteiger partial charge in [-0.25, -0.2) is 4.79 Å². The summed E-state index contributed by atoms with van der Waals surface area (Å²) in [7, 11) is 0. The predicted octanol–water partition coefficient (Wildman–Crippen LogP) is 3.68. The Hall–Kier alpha value is -1.85. The number of aliphatic hydroxyl groups is 1. The van der Waals surface area contributed by atoms with Gasteiger partial charge in [-0.1, -0.05) is 50.3 Å². The molecule has 27 heavy (non-hydrogen) atoms. The van der Waals surface area contributed by atoms with Crippen molar-refractivity contribution in [3.63, 3.8) is 0 Å². The topological polar surface area (TPSA) is 70.6 Å². The molecule has 0 aliphatic carbocycles. The molecular weight excluding hydrogens is 340 g/mol. The largest absolute Gasteiger partial charge is 0.444 e. The number of nitrogens with one attached hydrogen (secondary N) is 2. The van der Waals surface area contributed by atoms with Gasteiger partial charge in [0.15, 0.2) is 0 Å². The zero-order chi connectivity index (χ0) is 20.5. The number of carbonyl (C=O) groups excluding carboxylic acids is 1. The fourth-order valence-corrected chi connectivity index (χ4v) is 2.77. The summed E-state index contributed by atoms with van der Waals surface area (Å²) in [5.41, 5.74) is 0.526. The Bertz CT molecular complexity index is 579. The van der Waals surface area contributed by atoms with Gasteiger partial charge in [0.1, 0.15) is 5.60 Å². The van der Waals surface area contributed by atoms with Gasteiger partial charge in [0.25, 0.3) is 0 Å². The Balaban J connectivity index is 2.71. The summed E-state index contributed by atoms with van der Waals surface area (Å²) >= 11 is 0. The van der Waals surface area contributed by atoms with Crippen LogP contribution < -0.4 is 10.6 Å². The fourth-order valence-electron chi connectivity index (χ4n) is 2.77. The van der Waals surface area contributed by atoms with E-state index in [9.17, 15) is 9.90 Å². The van der Waals surface area contributed by atoms with E-state index in [1.807, 2.05) is 57.2 Å². The number of allylic oxidation sites excluding steroid dienone is 1. The number of carbonyl (C=O) groups is 1. The van der Waals surface area contributed by atoms with Crippen molar-refractivity contribution in [3.05, 3.63) is 48.6 Å². The van der Waals surface area contributed by atoms with Crippen LogP contribution in [0.25, 0.3) is 0 Å². The van der Waals surface area contributed by atoms with E-state index in [0.717, 1.165) is 18.5 Å². The fraction of sp³-hybridized carbons (Fsp3) is 0.591. The van der Waals surface area contributed by atoms with Crippen LogP contribution in [-0.4, -0.2) is 42.0 Å². The molecule has 0 spiro atoms. The Morgan fingerprint density at radius 1 is 1.22 bits per heavy atom. The summed E-state index contributed by atoms with van der Waals surface area (Å²) in [5.74, 6) is 0. The molecule has 0 aromatic heterocycles. The van der Waals surface area contributed by atoms with E-state index in [1.165, 1.54) is 0 Å². The predicted molar refractivity (Wildman–Crippen MR) is 111 cm³/mol. The van der Waals surface area contributed by atoms with Crippen molar-refractivity contribution in [1.82, 2.24) is 10.6 Å². The van der Waals surface area contributed by atoms with E-state index < -0.39 is 23.8 Å². The van der Waals surface area contributed by atoms with E-state index in [1.54, 1.807) is 0 Å². The van der Waals surface area contributed by atoms with Gasteiger partial charge < -0.3 is 20.5 Å². The van der Waals surface area contributed by atoms with Crippen LogP contribution in [0.5, 0.6) is 0 Å². The number of benzene rings is 1. The minimum absolute atomic E-state index is 0.0645. The van der Waals surface area contributed by atoms with Crippen molar-refractivity contribution in [2.24, 2.45) is 5.41 Å². The van der Waals surface area contributed by atoms with Crippen LogP contribution in [0, 0.1) is 5.41 Å². The summed E-state index contributed by atoms with van der Waals surface area (Å²) in [5, 5.41) is 16.8. The van der Waals surface area contributed by atoms with Gasteiger partial charge in [0.05, 0.1) is 12.1 Å². The molecule has 0 unspecified atom stereocenters. The van der Waals surface area contributed by atoms with Gasteiger partial charge in [-0.2, -0.15) is 0 Å². The molecule has 0 heterocycles. The minimum Gasteiger partial charge on any atom is -0.444 e. The van der Waals surface area contributed by atoms with Gasteiger partial charge in [-0.05, 0) is 44.6 Å². The molecule has 152 valence electrons. The molecule has 5 nitrogen and oxygen atoms in total. The smallest absolute Gasteiger partial charge is 0.407 e. The van der Waals surface area contributed by atoms with Gasteiger partial charge in [-0.15, -0.1) is 6.58 Å². The van der Waals surface area contributed by atoms with Crippen molar-refractivity contribution >= 4 is 6.09 Å². The highest BCUT2D eigenvalue weighted by Crippen LogP contribution is 2.19. The molecule has 0 radical (unpaired) electrons. The standard InChI is InChI=1S/C22H36N2O3/c1-7-13-22(5,6)16-23-15-19(25)18(14-17-11-9-8-10-12-17)24-20(26)27-21(2,3)4/h7-12,18-19,23,25H,1,13-16H2,2-6H3,(H,24,26)/t18-,19+/m0/s1. The third-order valence-corrected chi connectivity index (χ3v) is 4.12. The number of ether oxygens (including phenoxy) is 1. The van der Waals surface area contributed by atoms with Gasteiger partial charge >= 0.3 is 6.09 Å². The first-order chi connectivity index (χ1) is 12.5. The molecule has 0 aliphatic rings. The first-order valence-electron chi connectivity index (χ1n) is 9.55. The van der Waals surface area contributed by atoms with Gasteiger partial charge in [0, 0.05) is 13.1 Å². The maximum absolute atomic E-state index is 12.2. The van der Waals surface area contributed by atoms with Crippen molar-refractivity contribution in [1.29, 1.82) is 0 Å². The van der Waals surface area contributed by atoms with E-state index >= 15 is 0 Å². The lowest BCUT2D eigenvalue weighted by molar-refractivity contribution is 0.0420. The van der Waals surface area contributed by atoms with Crippen LogP contribution >= 0.6 is 0 Å². The van der Waals surface area contributed by atoms with Crippen LogP contribution in [0.3, 0.4) is 0 Å². The highest BCUT2D eigenvalue weighted by molar-refractivity contribution is 5.68. The second-order valence-corrected chi connectivity index (χ2v) is 8.80. The molecule has 3 N–H and O–H groups in total. The Morgan fingerprint density at radius 2 is 1.85 bits per heavy atom. The average Bonchev–Trinajstić information content (AvgIpc) is 2.53. The van der Waals surface area contributed by atoms with Crippen LogP contribution in [0.1, 0.15) is 46.6 Å². The lowest BCUT2D eigenvalue weighted by Crippen LogP contribution is -2.50. The highest BCUT2D eigenvalue weighted by atomic mass is 16.6. The van der Waals surface area contributed by atoms with E-state index in [2.05, 4.69) is 31.1 Å². The van der Waals surface area contributed by atoms with E-state index in [4.69, 9.17) is 4.74 Å². The minimum atomic E-state index is -0.739. The molecule has 1 aromatic rings. The van der Waals surface area contributed by atoms with Crippen LogP contribution in [0.4, 0.5) is 4.79 Å². The Kier molecular flexibility index (Phi) is 9.00. The molecule has 0 saturated carbocycles.